The van der Waals surface area contributed by atoms with Crippen LogP contribution in [-0.2, 0) is 0 Å². The van der Waals surface area contributed by atoms with E-state index in [-0.39, 0.29) is 0 Å². The molecule has 2 rings (SSSR count). The van der Waals surface area contributed by atoms with Gasteiger partial charge in [-0.1, -0.05) is 48.6 Å². The van der Waals surface area contributed by atoms with Gasteiger partial charge in [0.15, 0.2) is 12.3 Å². The average molecular weight is 213 g/mol. The van der Waals surface area contributed by atoms with Crippen molar-refractivity contribution < 1.29 is 4.74 Å². The van der Waals surface area contributed by atoms with Crippen LogP contribution in [0.3, 0.4) is 0 Å². The summed E-state index contributed by atoms with van der Waals surface area (Å²) < 4.78 is 1.08. The SMILES string of the molecule is [O-][N+]1=C(/C=C\C=C/c2ccccc2)CCC1. The largest absolute Gasteiger partial charge is 0.624 e. The molecule has 1 aromatic carbocycles. The van der Waals surface area contributed by atoms with Crippen LogP contribution < -0.4 is 0 Å². The number of allylic oxidation sites excluding steroid dienone is 3. The van der Waals surface area contributed by atoms with E-state index in [1.54, 1.807) is 0 Å². The molecule has 0 spiro atoms. The van der Waals surface area contributed by atoms with Crippen LogP contribution in [0.4, 0.5) is 0 Å². The molecule has 0 N–H and O–H groups in total. The second-order valence-electron chi connectivity index (χ2n) is 3.83. The molecule has 0 aliphatic carbocycles. The Morgan fingerprint density at radius 3 is 2.50 bits per heavy atom. The first kappa shape index (κ1) is 10.7. The van der Waals surface area contributed by atoms with Gasteiger partial charge in [0.05, 0.1) is 0 Å². The lowest BCUT2D eigenvalue weighted by Gasteiger charge is -1.96. The molecule has 0 aromatic heterocycles. The first-order valence-corrected chi connectivity index (χ1v) is 5.56. The number of benzene rings is 1. The normalized spacial score (nSPS) is 16.8. The highest BCUT2D eigenvalue weighted by molar-refractivity contribution is 5.91. The lowest BCUT2D eigenvalue weighted by Crippen LogP contribution is -2.03. The molecular formula is C14H15NO. The monoisotopic (exact) mass is 213 g/mol. The van der Waals surface area contributed by atoms with Crippen molar-refractivity contribution in [2.75, 3.05) is 6.54 Å². The minimum absolute atomic E-state index is 0.641. The molecule has 0 unspecified atom stereocenters. The maximum atomic E-state index is 11.2. The molecule has 1 heterocycles. The second-order valence-corrected chi connectivity index (χ2v) is 3.83. The molecule has 0 fully saturated rings. The Labute approximate surface area is 95.8 Å². The summed E-state index contributed by atoms with van der Waals surface area (Å²) in [6, 6.07) is 10.1. The van der Waals surface area contributed by atoms with Crippen LogP contribution in [0.1, 0.15) is 18.4 Å². The highest BCUT2D eigenvalue weighted by Crippen LogP contribution is 2.05. The standard InChI is InChI=1S/C14H15NO/c16-15-12-6-11-14(15)10-5-4-9-13-7-2-1-3-8-13/h1-5,7-10H,6,11-12H2/b9-4-,10-5-. The van der Waals surface area contributed by atoms with E-state index in [2.05, 4.69) is 0 Å². The molecule has 16 heavy (non-hydrogen) atoms. The van der Waals surface area contributed by atoms with E-state index >= 15 is 0 Å². The van der Waals surface area contributed by atoms with Crippen molar-refractivity contribution in [2.24, 2.45) is 0 Å². The van der Waals surface area contributed by atoms with Gasteiger partial charge in [0, 0.05) is 18.9 Å². The number of hydrogen-bond acceptors (Lipinski definition) is 1. The van der Waals surface area contributed by atoms with E-state index < -0.39 is 0 Å². The molecule has 1 aromatic rings. The molecule has 0 amide bonds. The molecule has 2 nitrogen and oxygen atoms in total. The quantitative estimate of drug-likeness (QED) is 0.430. The van der Waals surface area contributed by atoms with E-state index in [0.29, 0.717) is 6.54 Å². The number of hydrogen-bond donors (Lipinski definition) is 0. The molecule has 0 bridgehead atoms. The minimum Gasteiger partial charge on any atom is -0.624 e. The zero-order chi connectivity index (χ0) is 11.2. The van der Waals surface area contributed by atoms with Gasteiger partial charge < -0.3 is 5.21 Å². The zero-order valence-electron chi connectivity index (χ0n) is 9.17. The third-order valence-electron chi connectivity index (χ3n) is 2.60. The maximum Gasteiger partial charge on any atom is 0.187 e. The Morgan fingerprint density at radius 2 is 1.81 bits per heavy atom. The summed E-state index contributed by atoms with van der Waals surface area (Å²) in [5, 5.41) is 11.2. The van der Waals surface area contributed by atoms with Crippen LogP contribution in [0.5, 0.6) is 0 Å². The fourth-order valence-corrected chi connectivity index (χ4v) is 1.74. The Bertz CT molecular complexity index is 429. The molecule has 0 radical (unpaired) electrons. The summed E-state index contributed by atoms with van der Waals surface area (Å²) in [5.41, 5.74) is 2.06. The molecule has 82 valence electrons. The predicted octanol–water partition coefficient (Wildman–Crippen LogP) is 3.00. The average Bonchev–Trinajstić information content (AvgIpc) is 2.72. The fourth-order valence-electron chi connectivity index (χ4n) is 1.74. The molecule has 0 saturated carbocycles. The summed E-state index contributed by atoms with van der Waals surface area (Å²) in [6.45, 7) is 0.641. The Morgan fingerprint density at radius 1 is 1.06 bits per heavy atom. The molecule has 1 aliphatic heterocycles. The van der Waals surface area contributed by atoms with Crippen LogP contribution in [-0.4, -0.2) is 17.0 Å². The smallest absolute Gasteiger partial charge is 0.187 e. The van der Waals surface area contributed by atoms with Crippen LogP contribution in [0.15, 0.2) is 48.6 Å². The number of hydroxylamine groups is 1. The molecule has 0 atom stereocenters. The van der Waals surface area contributed by atoms with Crippen molar-refractivity contribution in [3.05, 3.63) is 59.3 Å². The van der Waals surface area contributed by atoms with Gasteiger partial charge in [-0.15, -0.1) is 0 Å². The van der Waals surface area contributed by atoms with E-state index in [0.717, 1.165) is 23.3 Å². The predicted molar refractivity (Wildman–Crippen MR) is 67.4 cm³/mol. The van der Waals surface area contributed by atoms with Crippen molar-refractivity contribution >= 4 is 11.8 Å². The topological polar surface area (TPSA) is 26.1 Å². The highest BCUT2D eigenvalue weighted by atomic mass is 16.5. The van der Waals surface area contributed by atoms with Crippen molar-refractivity contribution in [1.82, 2.24) is 0 Å². The van der Waals surface area contributed by atoms with Gasteiger partial charge in [-0.25, -0.2) is 4.74 Å². The summed E-state index contributed by atoms with van der Waals surface area (Å²) in [7, 11) is 0. The minimum atomic E-state index is 0.641. The Hall–Kier alpha value is -1.83. The van der Waals surface area contributed by atoms with Gasteiger partial charge in [-0.05, 0) is 5.56 Å². The lowest BCUT2D eigenvalue weighted by molar-refractivity contribution is -0.447. The van der Waals surface area contributed by atoms with Crippen LogP contribution in [0.2, 0.25) is 0 Å². The van der Waals surface area contributed by atoms with Gasteiger partial charge in [0.1, 0.15) is 0 Å². The van der Waals surface area contributed by atoms with Gasteiger partial charge in [0.2, 0.25) is 0 Å². The van der Waals surface area contributed by atoms with Crippen molar-refractivity contribution in [2.45, 2.75) is 12.8 Å². The van der Waals surface area contributed by atoms with Crippen LogP contribution in [0.25, 0.3) is 6.08 Å². The fraction of sp³-hybridized carbons (Fsp3) is 0.214. The van der Waals surface area contributed by atoms with Crippen LogP contribution in [0, 0.1) is 5.21 Å². The van der Waals surface area contributed by atoms with E-state index in [4.69, 9.17) is 0 Å². The van der Waals surface area contributed by atoms with Crippen LogP contribution >= 0.6 is 0 Å². The Kier molecular flexibility index (Phi) is 3.54. The zero-order valence-corrected chi connectivity index (χ0v) is 9.17. The van der Waals surface area contributed by atoms with Crippen molar-refractivity contribution in [3.8, 4) is 0 Å². The molecule has 2 heteroatoms. The lowest BCUT2D eigenvalue weighted by atomic mass is 10.2. The second kappa shape index (κ2) is 5.31. The van der Waals surface area contributed by atoms with E-state index in [1.165, 1.54) is 5.56 Å². The van der Waals surface area contributed by atoms with Gasteiger partial charge in [0.25, 0.3) is 0 Å². The molecule has 0 saturated heterocycles. The number of nitrogens with zero attached hydrogens (tertiary/aromatic N) is 1. The molecular weight excluding hydrogens is 198 g/mol. The van der Waals surface area contributed by atoms with Gasteiger partial charge >= 0.3 is 0 Å². The Balaban J connectivity index is 1.95. The van der Waals surface area contributed by atoms with Crippen molar-refractivity contribution in [3.63, 3.8) is 0 Å². The summed E-state index contributed by atoms with van der Waals surface area (Å²) in [5.74, 6) is 0. The summed E-state index contributed by atoms with van der Waals surface area (Å²) in [4.78, 5) is 0. The first-order valence-electron chi connectivity index (χ1n) is 5.56. The summed E-state index contributed by atoms with van der Waals surface area (Å²) >= 11 is 0. The highest BCUT2D eigenvalue weighted by Gasteiger charge is 2.13. The van der Waals surface area contributed by atoms with Crippen molar-refractivity contribution in [1.29, 1.82) is 0 Å². The third kappa shape index (κ3) is 2.83. The first-order chi connectivity index (χ1) is 7.86. The third-order valence-corrected chi connectivity index (χ3v) is 2.60. The number of rotatable bonds is 3. The molecule has 1 aliphatic rings. The van der Waals surface area contributed by atoms with E-state index in [1.807, 2.05) is 54.6 Å². The van der Waals surface area contributed by atoms with Gasteiger partial charge in [-0.3, -0.25) is 0 Å². The summed E-state index contributed by atoms with van der Waals surface area (Å²) in [6.07, 6.45) is 9.71. The van der Waals surface area contributed by atoms with Gasteiger partial charge in [-0.2, -0.15) is 0 Å². The van der Waals surface area contributed by atoms with E-state index in [9.17, 15) is 5.21 Å². The maximum absolute atomic E-state index is 11.2.